The molecule has 1 aromatic carbocycles. The highest BCUT2D eigenvalue weighted by Gasteiger charge is 2.28. The molecule has 0 bridgehead atoms. The Bertz CT molecular complexity index is 1000. The van der Waals surface area contributed by atoms with Gasteiger partial charge in [-0.15, -0.1) is 0 Å². The van der Waals surface area contributed by atoms with Gasteiger partial charge in [0.1, 0.15) is 5.69 Å². The normalized spacial score (nSPS) is 15.0. The van der Waals surface area contributed by atoms with Gasteiger partial charge in [0.05, 0.1) is 24.5 Å². The van der Waals surface area contributed by atoms with Crippen molar-refractivity contribution in [2.75, 3.05) is 31.6 Å². The SMILES string of the molecule is C=NN(C)C(=C(C)C)c1nc(N2CCC(C(=O)N[C@H](CO)c3ccccc3)CC2)ncc1F. The lowest BCUT2D eigenvalue weighted by molar-refractivity contribution is -0.126. The van der Waals surface area contributed by atoms with Crippen LogP contribution in [0.4, 0.5) is 10.3 Å². The highest BCUT2D eigenvalue weighted by Crippen LogP contribution is 2.27. The van der Waals surface area contributed by atoms with E-state index in [1.54, 1.807) is 7.05 Å². The van der Waals surface area contributed by atoms with Crippen LogP contribution in [-0.4, -0.2) is 59.5 Å². The third kappa shape index (κ3) is 5.73. The maximum Gasteiger partial charge on any atom is 0.226 e. The number of anilines is 1. The van der Waals surface area contributed by atoms with E-state index in [1.165, 1.54) is 11.2 Å². The van der Waals surface area contributed by atoms with Crippen LogP contribution in [0.5, 0.6) is 0 Å². The fourth-order valence-electron chi connectivity index (χ4n) is 4.01. The Labute approximate surface area is 193 Å². The molecule has 33 heavy (non-hydrogen) atoms. The molecule has 2 heterocycles. The number of aromatic nitrogens is 2. The Balaban J connectivity index is 1.68. The van der Waals surface area contributed by atoms with Gasteiger partial charge in [-0.25, -0.2) is 14.4 Å². The summed E-state index contributed by atoms with van der Waals surface area (Å²) in [6, 6.07) is 8.98. The number of amides is 1. The van der Waals surface area contributed by atoms with Crippen LogP contribution in [0.3, 0.4) is 0 Å². The number of carbonyl (C=O) groups excluding carboxylic acids is 1. The number of hydrogen-bond acceptors (Lipinski definition) is 7. The van der Waals surface area contributed by atoms with Crippen molar-refractivity contribution in [2.24, 2.45) is 11.0 Å². The summed E-state index contributed by atoms with van der Waals surface area (Å²) in [7, 11) is 1.69. The monoisotopic (exact) mass is 454 g/mol. The van der Waals surface area contributed by atoms with Gasteiger partial charge in [0.2, 0.25) is 11.9 Å². The highest BCUT2D eigenvalue weighted by molar-refractivity contribution is 5.79. The number of nitrogens with one attached hydrogen (secondary N) is 1. The first-order valence-electron chi connectivity index (χ1n) is 11.0. The number of hydrogen-bond donors (Lipinski definition) is 2. The fourth-order valence-corrected chi connectivity index (χ4v) is 4.01. The number of benzene rings is 1. The van der Waals surface area contributed by atoms with Gasteiger partial charge in [-0.1, -0.05) is 30.3 Å². The Morgan fingerprint density at radius 3 is 2.58 bits per heavy atom. The van der Waals surface area contributed by atoms with E-state index in [2.05, 4.69) is 27.1 Å². The molecule has 1 aliphatic rings. The van der Waals surface area contributed by atoms with Crippen LogP contribution < -0.4 is 10.2 Å². The number of nitrogens with zero attached hydrogens (tertiary/aromatic N) is 5. The standard InChI is InChI=1S/C24H31FN6O2/c1-16(2)22(30(4)26-3)21-19(25)14-27-24(29-21)31-12-10-18(11-13-31)23(33)28-20(15-32)17-8-6-5-7-9-17/h5-9,14,18,20,32H,3,10-13,15H2,1-2,4H3,(H,28,33)/t20-/m1/s1. The molecule has 3 rings (SSSR count). The first-order valence-corrected chi connectivity index (χ1v) is 11.0. The van der Waals surface area contributed by atoms with E-state index in [-0.39, 0.29) is 24.1 Å². The molecule has 0 aliphatic carbocycles. The predicted molar refractivity (Wildman–Crippen MR) is 127 cm³/mol. The van der Waals surface area contributed by atoms with Gasteiger partial charge in [0.25, 0.3) is 0 Å². The van der Waals surface area contributed by atoms with E-state index in [4.69, 9.17) is 0 Å². The zero-order valence-electron chi connectivity index (χ0n) is 19.3. The minimum atomic E-state index is -0.532. The summed E-state index contributed by atoms with van der Waals surface area (Å²) in [6.45, 7) is 8.20. The second-order valence-electron chi connectivity index (χ2n) is 8.30. The molecule has 2 N–H and O–H groups in total. The van der Waals surface area contributed by atoms with Crippen LogP contribution in [-0.2, 0) is 4.79 Å². The Kier molecular flexibility index (Phi) is 8.11. The summed E-state index contributed by atoms with van der Waals surface area (Å²) in [5.41, 5.74) is 2.42. The van der Waals surface area contributed by atoms with Crippen LogP contribution in [0.2, 0.25) is 0 Å². The lowest BCUT2D eigenvalue weighted by Crippen LogP contribution is -2.42. The van der Waals surface area contributed by atoms with Crippen molar-refractivity contribution in [3.8, 4) is 0 Å². The van der Waals surface area contributed by atoms with Crippen molar-refractivity contribution in [1.29, 1.82) is 0 Å². The Morgan fingerprint density at radius 2 is 2.00 bits per heavy atom. The van der Waals surface area contributed by atoms with Gasteiger partial charge in [-0.3, -0.25) is 9.80 Å². The van der Waals surface area contributed by atoms with Crippen LogP contribution in [0.1, 0.15) is 44.0 Å². The molecule has 1 fully saturated rings. The van der Waals surface area contributed by atoms with E-state index in [1.807, 2.05) is 49.1 Å². The maximum absolute atomic E-state index is 14.6. The molecule has 1 aliphatic heterocycles. The molecule has 1 atom stereocenters. The average Bonchev–Trinajstić information content (AvgIpc) is 2.84. The van der Waals surface area contributed by atoms with E-state index < -0.39 is 11.9 Å². The molecule has 0 radical (unpaired) electrons. The third-order valence-electron chi connectivity index (χ3n) is 5.81. The summed E-state index contributed by atoms with van der Waals surface area (Å²) in [5.74, 6) is -0.373. The number of rotatable bonds is 8. The molecule has 0 saturated carbocycles. The van der Waals surface area contributed by atoms with Crippen molar-refractivity contribution in [3.05, 3.63) is 59.2 Å². The summed E-state index contributed by atoms with van der Waals surface area (Å²) in [5, 5.41) is 18.0. The van der Waals surface area contributed by atoms with Crippen LogP contribution in [0, 0.1) is 11.7 Å². The molecule has 8 nitrogen and oxygen atoms in total. The summed E-state index contributed by atoms with van der Waals surface area (Å²) < 4.78 is 14.6. The summed E-state index contributed by atoms with van der Waals surface area (Å²) in [6.07, 6.45) is 2.39. The Morgan fingerprint density at radius 1 is 1.33 bits per heavy atom. The number of allylic oxidation sites excluding steroid dienone is 1. The second kappa shape index (κ2) is 11.0. The first kappa shape index (κ1) is 24.3. The topological polar surface area (TPSA) is 94.0 Å². The molecule has 1 amide bonds. The number of aliphatic hydroxyl groups excluding tert-OH is 1. The van der Waals surface area contributed by atoms with Crippen molar-refractivity contribution < 1.29 is 14.3 Å². The van der Waals surface area contributed by atoms with Gasteiger partial charge < -0.3 is 15.3 Å². The van der Waals surface area contributed by atoms with Gasteiger partial charge in [-0.05, 0) is 37.8 Å². The molecular formula is C24H31FN6O2. The summed E-state index contributed by atoms with van der Waals surface area (Å²) in [4.78, 5) is 23.4. The molecule has 9 heteroatoms. The van der Waals surface area contributed by atoms with Gasteiger partial charge in [-0.2, -0.15) is 5.10 Å². The largest absolute Gasteiger partial charge is 0.394 e. The third-order valence-corrected chi connectivity index (χ3v) is 5.81. The molecule has 2 aromatic rings. The molecule has 176 valence electrons. The zero-order chi connectivity index (χ0) is 24.0. The number of hydrazone groups is 1. The van der Waals surface area contributed by atoms with Crippen molar-refractivity contribution in [1.82, 2.24) is 20.3 Å². The quantitative estimate of drug-likeness (QED) is 0.471. The fraction of sp³-hybridized carbons (Fsp3) is 0.417. The highest BCUT2D eigenvalue weighted by atomic mass is 19.1. The van der Waals surface area contributed by atoms with E-state index in [9.17, 15) is 14.3 Å². The zero-order valence-corrected chi connectivity index (χ0v) is 19.3. The molecule has 1 aromatic heterocycles. The number of carbonyl (C=O) groups is 1. The van der Waals surface area contributed by atoms with Crippen molar-refractivity contribution in [2.45, 2.75) is 32.7 Å². The van der Waals surface area contributed by atoms with Crippen LogP contribution >= 0.6 is 0 Å². The number of halogens is 1. The van der Waals surface area contributed by atoms with Crippen LogP contribution in [0.15, 0.2) is 47.2 Å². The minimum absolute atomic E-state index is 0.0798. The minimum Gasteiger partial charge on any atom is -0.394 e. The molecule has 0 unspecified atom stereocenters. The van der Waals surface area contributed by atoms with E-state index in [0.29, 0.717) is 37.6 Å². The first-order chi connectivity index (χ1) is 15.8. The molecule has 0 spiro atoms. The van der Waals surface area contributed by atoms with Crippen molar-refractivity contribution >= 4 is 24.3 Å². The van der Waals surface area contributed by atoms with Gasteiger partial charge >= 0.3 is 0 Å². The van der Waals surface area contributed by atoms with Crippen LogP contribution in [0.25, 0.3) is 5.70 Å². The average molecular weight is 455 g/mol. The van der Waals surface area contributed by atoms with E-state index in [0.717, 1.165) is 11.1 Å². The Hall–Kier alpha value is -3.33. The molecular weight excluding hydrogens is 423 g/mol. The molecule has 1 saturated heterocycles. The lowest BCUT2D eigenvalue weighted by atomic mass is 9.95. The number of piperidine rings is 1. The second-order valence-corrected chi connectivity index (χ2v) is 8.30. The number of aliphatic hydroxyl groups is 1. The summed E-state index contributed by atoms with van der Waals surface area (Å²) >= 11 is 0. The van der Waals surface area contributed by atoms with Gasteiger partial charge in [0.15, 0.2) is 5.82 Å². The lowest BCUT2D eigenvalue weighted by Gasteiger charge is -2.32. The van der Waals surface area contributed by atoms with Crippen molar-refractivity contribution in [3.63, 3.8) is 0 Å². The maximum atomic E-state index is 14.6. The van der Waals surface area contributed by atoms with Gasteiger partial charge in [0, 0.05) is 32.8 Å². The van der Waals surface area contributed by atoms with E-state index >= 15 is 0 Å². The predicted octanol–water partition coefficient (Wildman–Crippen LogP) is 2.98. The smallest absolute Gasteiger partial charge is 0.226 e.